The fourth-order valence-corrected chi connectivity index (χ4v) is 3.08. The van der Waals surface area contributed by atoms with Gasteiger partial charge < -0.3 is 9.84 Å². The molecule has 0 aromatic heterocycles. The highest BCUT2D eigenvalue weighted by Crippen LogP contribution is 2.44. The van der Waals surface area contributed by atoms with Crippen LogP contribution in [0.4, 0.5) is 13.2 Å². The van der Waals surface area contributed by atoms with Crippen LogP contribution in [0.25, 0.3) is 11.1 Å². The lowest BCUT2D eigenvalue weighted by Gasteiger charge is -2.33. The van der Waals surface area contributed by atoms with Crippen LogP contribution in [0.15, 0.2) is 42.5 Å². The van der Waals surface area contributed by atoms with Gasteiger partial charge in [-0.25, -0.2) is 0 Å². The van der Waals surface area contributed by atoms with Crippen molar-refractivity contribution in [2.45, 2.75) is 18.7 Å². The Morgan fingerprint density at radius 3 is 2.46 bits per heavy atom. The maximum absolute atomic E-state index is 13.2. The summed E-state index contributed by atoms with van der Waals surface area (Å²) in [6.07, 6.45) is -7.48. The van der Waals surface area contributed by atoms with Crippen molar-refractivity contribution in [1.82, 2.24) is 0 Å². The fraction of sp³-hybridized carbons (Fsp3) is 0.235. The summed E-state index contributed by atoms with van der Waals surface area (Å²) in [5, 5.41) is 9.45. The Labute approximate surface area is 140 Å². The van der Waals surface area contributed by atoms with Gasteiger partial charge in [-0.1, -0.05) is 41.9 Å². The van der Waals surface area contributed by atoms with Crippen molar-refractivity contribution in [2.75, 3.05) is 0 Å². The van der Waals surface area contributed by atoms with E-state index in [-0.39, 0.29) is 12.2 Å². The van der Waals surface area contributed by atoms with Crippen molar-refractivity contribution in [3.63, 3.8) is 0 Å². The quantitative estimate of drug-likeness (QED) is 0.857. The van der Waals surface area contributed by atoms with E-state index >= 15 is 0 Å². The van der Waals surface area contributed by atoms with E-state index in [4.69, 9.17) is 21.4 Å². The van der Waals surface area contributed by atoms with Crippen molar-refractivity contribution in [3.8, 4) is 16.9 Å². The number of benzene rings is 2. The number of rotatable bonds is 2. The van der Waals surface area contributed by atoms with Gasteiger partial charge in [0, 0.05) is 10.6 Å². The first-order valence-electron chi connectivity index (χ1n) is 7.11. The predicted octanol–water partition coefficient (Wildman–Crippen LogP) is 4.57. The Morgan fingerprint density at radius 2 is 1.88 bits per heavy atom. The van der Waals surface area contributed by atoms with Crippen LogP contribution in [0.3, 0.4) is 0 Å². The molecule has 0 aliphatic carbocycles. The molecule has 0 bridgehead atoms. The number of carboxylic acid groups (broad SMARTS) is 1. The highest BCUT2D eigenvalue weighted by molar-refractivity contribution is 6.31. The largest absolute Gasteiger partial charge is 0.481 e. The lowest BCUT2D eigenvalue weighted by atomic mass is 9.88. The summed E-state index contributed by atoms with van der Waals surface area (Å²) in [5.41, 5.74) is 1.41. The summed E-state index contributed by atoms with van der Waals surface area (Å²) in [6, 6.07) is 11.7. The van der Waals surface area contributed by atoms with Crippen LogP contribution in [-0.2, 0) is 11.2 Å². The fourth-order valence-electron chi connectivity index (χ4n) is 2.84. The molecule has 2 aromatic rings. The Balaban J connectivity index is 2.15. The number of hydrogen-bond acceptors (Lipinski definition) is 2. The van der Waals surface area contributed by atoms with E-state index in [2.05, 4.69) is 0 Å². The smallest absolute Gasteiger partial charge is 0.426 e. The summed E-state index contributed by atoms with van der Waals surface area (Å²) < 4.78 is 44.9. The van der Waals surface area contributed by atoms with Crippen LogP contribution < -0.4 is 4.74 Å². The molecule has 0 saturated heterocycles. The van der Waals surface area contributed by atoms with Crippen molar-refractivity contribution >= 4 is 17.6 Å². The molecule has 0 unspecified atom stereocenters. The highest BCUT2D eigenvalue weighted by Gasteiger charge is 2.52. The molecule has 3 rings (SSSR count). The third-order valence-electron chi connectivity index (χ3n) is 3.91. The summed E-state index contributed by atoms with van der Waals surface area (Å²) in [7, 11) is 0. The summed E-state index contributed by atoms with van der Waals surface area (Å²) in [5.74, 6) is -3.23. The molecule has 1 heterocycles. The molecule has 0 fully saturated rings. The van der Waals surface area contributed by atoms with Crippen molar-refractivity contribution in [3.05, 3.63) is 53.1 Å². The molecular weight excluding hydrogens is 345 g/mol. The summed E-state index contributed by atoms with van der Waals surface area (Å²) >= 11 is 6.06. The van der Waals surface area contributed by atoms with Crippen molar-refractivity contribution in [2.24, 2.45) is 5.92 Å². The van der Waals surface area contributed by atoms with Gasteiger partial charge in [-0.3, -0.25) is 4.79 Å². The van der Waals surface area contributed by atoms with E-state index in [1.165, 1.54) is 12.1 Å². The van der Waals surface area contributed by atoms with Crippen LogP contribution in [0.5, 0.6) is 5.75 Å². The monoisotopic (exact) mass is 356 g/mol. The molecule has 1 N–H and O–H groups in total. The molecular formula is C17H12ClF3O3. The second-order valence-corrected chi connectivity index (χ2v) is 5.97. The number of carbonyl (C=O) groups is 1. The van der Waals surface area contributed by atoms with E-state index < -0.39 is 24.2 Å². The molecule has 2 atom stereocenters. The van der Waals surface area contributed by atoms with Crippen LogP contribution in [0.2, 0.25) is 5.02 Å². The maximum Gasteiger partial charge on any atom is 0.426 e. The number of carboxylic acids is 1. The normalized spacial score (nSPS) is 20.2. The zero-order chi connectivity index (χ0) is 17.5. The molecule has 3 nitrogen and oxygen atoms in total. The Bertz CT molecular complexity index is 775. The van der Waals surface area contributed by atoms with E-state index in [9.17, 15) is 18.0 Å². The van der Waals surface area contributed by atoms with Crippen LogP contribution in [-0.4, -0.2) is 23.4 Å². The number of alkyl halides is 3. The van der Waals surface area contributed by atoms with Gasteiger partial charge in [0.2, 0.25) is 6.10 Å². The lowest BCUT2D eigenvalue weighted by Crippen LogP contribution is -2.47. The standard InChI is InChI=1S/C17H12ClF3O3/c18-11-6-10-7-13(16(22)23)15(17(19,20)21)24-14(10)12(8-11)9-4-2-1-3-5-9/h1-6,8,13,15H,7H2,(H,22,23)/t13-,15+/m1/s1. The molecule has 24 heavy (non-hydrogen) atoms. The first-order chi connectivity index (χ1) is 11.3. The van der Waals surface area contributed by atoms with Crippen LogP contribution in [0, 0.1) is 5.92 Å². The second-order valence-electron chi connectivity index (χ2n) is 5.54. The minimum Gasteiger partial charge on any atom is -0.481 e. The van der Waals surface area contributed by atoms with E-state index in [1.807, 2.05) is 0 Å². The third-order valence-corrected chi connectivity index (χ3v) is 4.12. The minimum absolute atomic E-state index is 0.0328. The molecule has 1 aliphatic heterocycles. The Kier molecular flexibility index (Phi) is 4.17. The number of aliphatic carboxylic acids is 1. The summed E-state index contributed by atoms with van der Waals surface area (Å²) in [4.78, 5) is 11.2. The minimum atomic E-state index is -4.78. The van der Waals surface area contributed by atoms with Crippen molar-refractivity contribution in [1.29, 1.82) is 0 Å². The molecule has 7 heteroatoms. The zero-order valence-electron chi connectivity index (χ0n) is 12.2. The average molecular weight is 357 g/mol. The topological polar surface area (TPSA) is 46.5 Å². The van der Waals surface area contributed by atoms with E-state index in [0.717, 1.165) is 0 Å². The van der Waals surface area contributed by atoms with Gasteiger partial charge in [0.15, 0.2) is 0 Å². The Morgan fingerprint density at radius 1 is 1.21 bits per heavy atom. The van der Waals surface area contributed by atoms with Gasteiger partial charge in [0.1, 0.15) is 11.7 Å². The molecule has 0 amide bonds. The SMILES string of the molecule is O=C(O)[C@@H]1Cc2cc(Cl)cc(-c3ccccc3)c2O[C@@H]1C(F)(F)F. The molecule has 2 aromatic carbocycles. The first-order valence-corrected chi connectivity index (χ1v) is 7.49. The van der Waals surface area contributed by atoms with Gasteiger partial charge >= 0.3 is 12.1 Å². The lowest BCUT2D eigenvalue weighted by molar-refractivity contribution is -0.217. The van der Waals surface area contributed by atoms with Crippen LogP contribution in [0.1, 0.15) is 5.56 Å². The number of halogens is 4. The Hall–Kier alpha value is -2.21. The summed E-state index contributed by atoms with van der Waals surface area (Å²) in [6.45, 7) is 0. The van der Waals surface area contributed by atoms with Crippen LogP contribution >= 0.6 is 11.6 Å². The average Bonchev–Trinajstić information content (AvgIpc) is 2.52. The highest BCUT2D eigenvalue weighted by atomic mass is 35.5. The molecule has 0 saturated carbocycles. The second kappa shape index (κ2) is 6.02. The van der Waals surface area contributed by atoms with E-state index in [1.54, 1.807) is 30.3 Å². The van der Waals surface area contributed by atoms with Gasteiger partial charge in [0.05, 0.1) is 0 Å². The van der Waals surface area contributed by atoms with Gasteiger partial charge in [-0.2, -0.15) is 13.2 Å². The first kappa shape index (κ1) is 16.6. The molecule has 126 valence electrons. The zero-order valence-corrected chi connectivity index (χ0v) is 12.9. The van der Waals surface area contributed by atoms with E-state index in [0.29, 0.717) is 21.7 Å². The predicted molar refractivity (Wildman–Crippen MR) is 82.2 cm³/mol. The van der Waals surface area contributed by atoms with Gasteiger partial charge in [0.25, 0.3) is 0 Å². The number of fused-ring (bicyclic) bond motifs is 1. The number of ether oxygens (including phenoxy) is 1. The third kappa shape index (κ3) is 3.06. The molecule has 0 radical (unpaired) electrons. The van der Waals surface area contributed by atoms with Crippen molar-refractivity contribution < 1.29 is 27.8 Å². The molecule has 1 aliphatic rings. The number of hydrogen-bond donors (Lipinski definition) is 1. The van der Waals surface area contributed by atoms with Gasteiger partial charge in [-0.15, -0.1) is 0 Å². The van der Waals surface area contributed by atoms with Gasteiger partial charge in [-0.05, 0) is 29.7 Å². The molecule has 0 spiro atoms. The maximum atomic E-state index is 13.2.